The first-order valence-corrected chi connectivity index (χ1v) is 8.26. The number of hydrogen-bond donors (Lipinski definition) is 0. The van der Waals surface area contributed by atoms with Crippen molar-refractivity contribution in [3.8, 4) is 0 Å². The summed E-state index contributed by atoms with van der Waals surface area (Å²) >= 11 is 0. The van der Waals surface area contributed by atoms with E-state index in [4.69, 9.17) is 4.74 Å². The summed E-state index contributed by atoms with van der Waals surface area (Å²) in [4.78, 5) is 34.8. The quantitative estimate of drug-likeness (QED) is 0.466. The van der Waals surface area contributed by atoms with Gasteiger partial charge in [0.25, 0.3) is 5.69 Å². The van der Waals surface area contributed by atoms with E-state index in [2.05, 4.69) is 0 Å². The highest BCUT2D eigenvalue weighted by Gasteiger charge is 2.37. The molecule has 6 heteroatoms. The summed E-state index contributed by atoms with van der Waals surface area (Å²) in [6.45, 7) is 6.16. The van der Waals surface area contributed by atoms with Gasteiger partial charge in [0.05, 0.1) is 16.4 Å². The molecule has 1 aliphatic carbocycles. The van der Waals surface area contributed by atoms with Crippen LogP contribution >= 0.6 is 0 Å². The topological polar surface area (TPSA) is 86.5 Å². The molecule has 3 atom stereocenters. The van der Waals surface area contributed by atoms with Crippen molar-refractivity contribution in [1.82, 2.24) is 0 Å². The maximum Gasteiger partial charge on any atom is 0.338 e. The Bertz CT molecular complexity index is 623. The van der Waals surface area contributed by atoms with E-state index in [1.54, 1.807) is 0 Å². The SMILES string of the molecule is CC(C)[C@@H]1CC[C@@H](C)[C@@H](COC(=O)c2ccc([N+](=O)[O-])cc2)C1=O. The van der Waals surface area contributed by atoms with Gasteiger partial charge in [0.15, 0.2) is 0 Å². The van der Waals surface area contributed by atoms with Gasteiger partial charge in [-0.05, 0) is 36.8 Å². The molecule has 0 unspecified atom stereocenters. The van der Waals surface area contributed by atoms with Crippen LogP contribution in [0.2, 0.25) is 0 Å². The third-order valence-corrected chi connectivity index (χ3v) is 4.86. The van der Waals surface area contributed by atoms with Crippen LogP contribution in [0, 0.1) is 33.8 Å². The molecule has 6 nitrogen and oxygen atoms in total. The van der Waals surface area contributed by atoms with Crippen molar-refractivity contribution in [3.63, 3.8) is 0 Å². The number of ketones is 1. The third-order valence-electron chi connectivity index (χ3n) is 4.86. The van der Waals surface area contributed by atoms with Gasteiger partial charge in [0.2, 0.25) is 0 Å². The minimum atomic E-state index is -0.559. The predicted octanol–water partition coefficient (Wildman–Crippen LogP) is 3.64. The highest BCUT2D eigenvalue weighted by atomic mass is 16.6. The Balaban J connectivity index is 1.99. The van der Waals surface area contributed by atoms with Crippen LogP contribution in [-0.2, 0) is 9.53 Å². The number of rotatable bonds is 5. The Morgan fingerprint density at radius 3 is 2.46 bits per heavy atom. The molecule has 0 amide bonds. The number of Topliss-reactive ketones (excluding diaryl/α,β-unsaturated/α-hetero) is 1. The molecule has 0 aromatic heterocycles. The fourth-order valence-corrected chi connectivity index (χ4v) is 3.22. The van der Waals surface area contributed by atoms with E-state index in [1.807, 2.05) is 20.8 Å². The number of hydrogen-bond acceptors (Lipinski definition) is 5. The number of ether oxygens (including phenoxy) is 1. The fraction of sp³-hybridized carbons (Fsp3) is 0.556. The largest absolute Gasteiger partial charge is 0.461 e. The van der Waals surface area contributed by atoms with Gasteiger partial charge in [-0.25, -0.2) is 4.79 Å². The molecule has 24 heavy (non-hydrogen) atoms. The lowest BCUT2D eigenvalue weighted by molar-refractivity contribution is -0.384. The molecule has 1 saturated carbocycles. The van der Waals surface area contributed by atoms with Gasteiger partial charge in [-0.3, -0.25) is 14.9 Å². The van der Waals surface area contributed by atoms with Crippen LogP contribution < -0.4 is 0 Å². The summed E-state index contributed by atoms with van der Waals surface area (Å²) in [5, 5.41) is 10.6. The Morgan fingerprint density at radius 1 is 1.29 bits per heavy atom. The lowest BCUT2D eigenvalue weighted by atomic mass is 9.70. The molecule has 130 valence electrons. The zero-order valence-electron chi connectivity index (χ0n) is 14.2. The van der Waals surface area contributed by atoms with Crippen molar-refractivity contribution >= 4 is 17.4 Å². The molecule has 0 spiro atoms. The molecule has 0 heterocycles. The molecule has 0 N–H and O–H groups in total. The van der Waals surface area contributed by atoms with Gasteiger partial charge in [0.1, 0.15) is 12.4 Å². The van der Waals surface area contributed by atoms with E-state index in [9.17, 15) is 19.7 Å². The molecule has 1 aromatic rings. The Labute approximate surface area is 141 Å². The molecular weight excluding hydrogens is 310 g/mol. The molecule has 0 radical (unpaired) electrons. The molecule has 1 aliphatic rings. The Morgan fingerprint density at radius 2 is 1.92 bits per heavy atom. The van der Waals surface area contributed by atoms with E-state index in [0.29, 0.717) is 0 Å². The van der Waals surface area contributed by atoms with Crippen molar-refractivity contribution in [2.75, 3.05) is 6.61 Å². The third kappa shape index (κ3) is 3.99. The number of carbonyl (C=O) groups is 2. The first-order chi connectivity index (χ1) is 11.3. The van der Waals surface area contributed by atoms with Gasteiger partial charge in [-0.15, -0.1) is 0 Å². The number of carbonyl (C=O) groups excluding carboxylic acids is 2. The van der Waals surface area contributed by atoms with E-state index < -0.39 is 10.9 Å². The summed E-state index contributed by atoms with van der Waals surface area (Å²) < 4.78 is 5.31. The standard InChI is InChI=1S/C18H23NO5/c1-11(2)15-9-4-12(3)16(17(15)20)10-24-18(21)13-5-7-14(8-6-13)19(22)23/h5-8,11-12,15-16H,4,9-10H2,1-3H3/t12-,15+,16-/m1/s1. The molecule has 0 bridgehead atoms. The highest BCUT2D eigenvalue weighted by Crippen LogP contribution is 2.34. The van der Waals surface area contributed by atoms with Crippen LogP contribution in [0.3, 0.4) is 0 Å². The zero-order valence-corrected chi connectivity index (χ0v) is 14.2. The molecule has 2 rings (SSSR count). The first kappa shape index (κ1) is 18.1. The lowest BCUT2D eigenvalue weighted by Gasteiger charge is -2.34. The van der Waals surface area contributed by atoms with Crippen molar-refractivity contribution in [2.45, 2.75) is 33.6 Å². The first-order valence-electron chi connectivity index (χ1n) is 8.26. The van der Waals surface area contributed by atoms with Crippen LogP contribution in [-0.4, -0.2) is 23.3 Å². The number of non-ortho nitro benzene ring substituents is 1. The summed E-state index contributed by atoms with van der Waals surface area (Å²) in [6, 6.07) is 5.26. The summed E-state index contributed by atoms with van der Waals surface area (Å²) in [6.07, 6.45) is 1.85. The maximum absolute atomic E-state index is 12.6. The average Bonchev–Trinajstić information content (AvgIpc) is 2.54. The van der Waals surface area contributed by atoms with Crippen molar-refractivity contribution in [3.05, 3.63) is 39.9 Å². The average molecular weight is 333 g/mol. The molecule has 0 aliphatic heterocycles. The predicted molar refractivity (Wildman–Crippen MR) is 88.6 cm³/mol. The molecular formula is C18H23NO5. The molecule has 1 fully saturated rings. The van der Waals surface area contributed by atoms with Crippen LogP contribution in [0.4, 0.5) is 5.69 Å². The molecule has 1 aromatic carbocycles. The van der Waals surface area contributed by atoms with Gasteiger partial charge in [-0.2, -0.15) is 0 Å². The van der Waals surface area contributed by atoms with E-state index in [-0.39, 0.29) is 47.3 Å². The number of nitro benzene ring substituents is 1. The normalized spacial score (nSPS) is 24.0. The van der Waals surface area contributed by atoms with Crippen LogP contribution in [0.1, 0.15) is 44.0 Å². The van der Waals surface area contributed by atoms with E-state index in [0.717, 1.165) is 12.8 Å². The minimum absolute atomic E-state index is 0.0317. The second-order valence-corrected chi connectivity index (χ2v) is 6.82. The zero-order chi connectivity index (χ0) is 17.9. The summed E-state index contributed by atoms with van der Waals surface area (Å²) in [5.74, 6) is -0.135. The Hall–Kier alpha value is -2.24. The number of nitrogens with zero attached hydrogens (tertiary/aromatic N) is 1. The van der Waals surface area contributed by atoms with E-state index in [1.165, 1.54) is 24.3 Å². The van der Waals surface area contributed by atoms with Crippen LogP contribution in [0.25, 0.3) is 0 Å². The number of nitro groups is 1. The van der Waals surface area contributed by atoms with Crippen molar-refractivity contribution < 1.29 is 19.2 Å². The Kier molecular flexibility index (Phi) is 5.70. The van der Waals surface area contributed by atoms with Crippen molar-refractivity contribution in [1.29, 1.82) is 0 Å². The van der Waals surface area contributed by atoms with E-state index >= 15 is 0 Å². The number of benzene rings is 1. The maximum atomic E-state index is 12.6. The second-order valence-electron chi connectivity index (χ2n) is 6.82. The van der Waals surface area contributed by atoms with Gasteiger partial charge >= 0.3 is 5.97 Å². The van der Waals surface area contributed by atoms with Gasteiger partial charge < -0.3 is 4.74 Å². The molecule has 0 saturated heterocycles. The lowest BCUT2D eigenvalue weighted by Crippen LogP contribution is -2.39. The van der Waals surface area contributed by atoms with Crippen LogP contribution in [0.15, 0.2) is 24.3 Å². The summed E-state index contributed by atoms with van der Waals surface area (Å²) in [7, 11) is 0. The van der Waals surface area contributed by atoms with Gasteiger partial charge in [-0.1, -0.05) is 20.8 Å². The second kappa shape index (κ2) is 7.55. The smallest absolute Gasteiger partial charge is 0.338 e. The fourth-order valence-electron chi connectivity index (χ4n) is 3.22. The van der Waals surface area contributed by atoms with Gasteiger partial charge in [0, 0.05) is 18.1 Å². The highest BCUT2D eigenvalue weighted by molar-refractivity contribution is 5.90. The summed E-state index contributed by atoms with van der Waals surface area (Å²) in [5.41, 5.74) is 0.166. The van der Waals surface area contributed by atoms with Crippen molar-refractivity contribution in [2.24, 2.45) is 23.7 Å². The van der Waals surface area contributed by atoms with Crippen LogP contribution in [0.5, 0.6) is 0 Å². The monoisotopic (exact) mass is 333 g/mol. The number of esters is 1. The minimum Gasteiger partial charge on any atom is -0.461 e.